The molecule has 1 unspecified atom stereocenters. The van der Waals surface area contributed by atoms with E-state index in [0.717, 1.165) is 25.9 Å². The van der Waals surface area contributed by atoms with Gasteiger partial charge in [0.2, 0.25) is 5.91 Å². The van der Waals surface area contributed by atoms with Crippen LogP contribution in [0.4, 0.5) is 4.79 Å². The van der Waals surface area contributed by atoms with Crippen molar-refractivity contribution >= 4 is 11.9 Å². The molecule has 0 radical (unpaired) electrons. The first-order valence-corrected chi connectivity index (χ1v) is 9.78. The highest BCUT2D eigenvalue weighted by molar-refractivity contribution is 5.75. The highest BCUT2D eigenvalue weighted by Gasteiger charge is 2.22. The zero-order valence-electron chi connectivity index (χ0n) is 16.1. The Labute approximate surface area is 160 Å². The van der Waals surface area contributed by atoms with Crippen LogP contribution in [0.2, 0.25) is 0 Å². The van der Waals surface area contributed by atoms with E-state index in [1.165, 1.54) is 11.1 Å². The van der Waals surface area contributed by atoms with Gasteiger partial charge in [0.05, 0.1) is 6.10 Å². The van der Waals surface area contributed by atoms with Crippen LogP contribution in [0.3, 0.4) is 0 Å². The van der Waals surface area contributed by atoms with Gasteiger partial charge in [0.25, 0.3) is 0 Å². The quantitative estimate of drug-likeness (QED) is 0.812. The van der Waals surface area contributed by atoms with Crippen LogP contribution in [0.5, 0.6) is 0 Å². The van der Waals surface area contributed by atoms with Gasteiger partial charge in [0.1, 0.15) is 0 Å². The van der Waals surface area contributed by atoms with Gasteiger partial charge in [-0.05, 0) is 24.0 Å². The topological polar surface area (TPSA) is 76.1 Å². The summed E-state index contributed by atoms with van der Waals surface area (Å²) in [4.78, 5) is 29.6. The van der Waals surface area contributed by atoms with Gasteiger partial charge in [-0.15, -0.1) is 0 Å². The van der Waals surface area contributed by atoms with E-state index < -0.39 is 6.10 Å². The van der Waals surface area contributed by atoms with Crippen LogP contribution >= 0.6 is 0 Å². The largest absolute Gasteiger partial charge is 0.390 e. The molecule has 1 fully saturated rings. The minimum atomic E-state index is -0.597. The molecule has 1 saturated heterocycles. The zero-order valence-corrected chi connectivity index (χ0v) is 16.1. The molecular formula is C20H30N4O3. The lowest BCUT2D eigenvalue weighted by Gasteiger charge is -2.30. The summed E-state index contributed by atoms with van der Waals surface area (Å²) in [6.07, 6.45) is 1.18. The van der Waals surface area contributed by atoms with Gasteiger partial charge in [0.15, 0.2) is 0 Å². The van der Waals surface area contributed by atoms with Crippen molar-refractivity contribution in [3.8, 4) is 0 Å². The predicted octanol–water partition coefficient (Wildman–Crippen LogP) is 0.669. The van der Waals surface area contributed by atoms with E-state index in [4.69, 9.17) is 0 Å². The van der Waals surface area contributed by atoms with Crippen LogP contribution in [0.25, 0.3) is 0 Å². The van der Waals surface area contributed by atoms with Gasteiger partial charge in [-0.25, -0.2) is 4.79 Å². The number of fused-ring (bicyclic) bond motifs is 1. The van der Waals surface area contributed by atoms with E-state index in [1.54, 1.807) is 16.7 Å². The van der Waals surface area contributed by atoms with E-state index in [1.807, 2.05) is 6.07 Å². The standard InChI is InChI=1S/C20H30N4O3/c1-16(25)23-8-4-9-24(12-11-23)20(27)21-13-19(26)15-22-10-7-17-5-2-3-6-18(17)14-22/h2-3,5-6,19,26H,4,7-15H2,1H3,(H,21,27). The maximum Gasteiger partial charge on any atom is 0.317 e. The SMILES string of the molecule is CC(=O)N1CCCN(C(=O)NCC(O)CN2CCc3ccccc3C2)CC1. The summed E-state index contributed by atoms with van der Waals surface area (Å²) < 4.78 is 0. The number of aliphatic hydroxyl groups is 1. The van der Waals surface area contributed by atoms with E-state index in [2.05, 4.69) is 28.4 Å². The van der Waals surface area contributed by atoms with Crippen molar-refractivity contribution in [2.24, 2.45) is 0 Å². The van der Waals surface area contributed by atoms with Crippen molar-refractivity contribution in [3.05, 3.63) is 35.4 Å². The highest BCUT2D eigenvalue weighted by atomic mass is 16.3. The van der Waals surface area contributed by atoms with Crippen molar-refractivity contribution in [2.75, 3.05) is 45.8 Å². The number of nitrogens with one attached hydrogen (secondary N) is 1. The number of amides is 3. The number of urea groups is 1. The fourth-order valence-corrected chi connectivity index (χ4v) is 3.82. The Kier molecular flexibility index (Phi) is 6.68. The molecule has 0 aromatic heterocycles. The Bertz CT molecular complexity index is 666. The molecule has 1 aromatic rings. The maximum atomic E-state index is 12.4. The summed E-state index contributed by atoms with van der Waals surface area (Å²) in [5, 5.41) is 13.2. The Morgan fingerprint density at radius 1 is 1.07 bits per heavy atom. The minimum absolute atomic E-state index is 0.0517. The molecule has 27 heavy (non-hydrogen) atoms. The van der Waals surface area contributed by atoms with Crippen molar-refractivity contribution in [1.29, 1.82) is 0 Å². The number of hydrogen-bond donors (Lipinski definition) is 2. The molecule has 0 saturated carbocycles. The average Bonchev–Trinajstić information content (AvgIpc) is 2.92. The van der Waals surface area contributed by atoms with E-state index >= 15 is 0 Å². The van der Waals surface area contributed by atoms with Crippen LogP contribution < -0.4 is 5.32 Å². The number of aliphatic hydroxyl groups excluding tert-OH is 1. The zero-order chi connectivity index (χ0) is 19.2. The number of β-amino-alcohol motifs (C(OH)–C–C–N with tert-alkyl or cyclic N) is 1. The molecule has 2 aliphatic rings. The molecule has 3 rings (SSSR count). The average molecular weight is 374 g/mol. The number of nitrogens with zero attached hydrogens (tertiary/aromatic N) is 3. The Balaban J connectivity index is 1.41. The van der Waals surface area contributed by atoms with Crippen molar-refractivity contribution in [1.82, 2.24) is 20.0 Å². The fraction of sp³-hybridized carbons (Fsp3) is 0.600. The van der Waals surface area contributed by atoms with Crippen LogP contribution in [-0.2, 0) is 17.8 Å². The van der Waals surface area contributed by atoms with Crippen molar-refractivity contribution in [2.45, 2.75) is 32.4 Å². The predicted molar refractivity (Wildman–Crippen MR) is 103 cm³/mol. The molecule has 0 bridgehead atoms. The highest BCUT2D eigenvalue weighted by Crippen LogP contribution is 2.18. The van der Waals surface area contributed by atoms with Crippen LogP contribution in [-0.4, -0.2) is 83.7 Å². The smallest absolute Gasteiger partial charge is 0.317 e. The lowest BCUT2D eigenvalue weighted by molar-refractivity contribution is -0.128. The summed E-state index contributed by atoms with van der Waals surface area (Å²) in [5.74, 6) is 0.0517. The molecule has 0 aliphatic carbocycles. The molecule has 2 aliphatic heterocycles. The van der Waals surface area contributed by atoms with E-state index in [-0.39, 0.29) is 18.5 Å². The number of carbonyl (C=O) groups excluding carboxylic acids is 2. The van der Waals surface area contributed by atoms with Crippen LogP contribution in [0, 0.1) is 0 Å². The van der Waals surface area contributed by atoms with Crippen molar-refractivity contribution < 1.29 is 14.7 Å². The van der Waals surface area contributed by atoms with E-state index in [0.29, 0.717) is 32.7 Å². The maximum absolute atomic E-state index is 12.4. The molecule has 148 valence electrons. The van der Waals surface area contributed by atoms with Gasteiger partial charge in [-0.1, -0.05) is 24.3 Å². The van der Waals surface area contributed by atoms with Gasteiger partial charge >= 0.3 is 6.03 Å². The summed E-state index contributed by atoms with van der Waals surface area (Å²) in [7, 11) is 0. The Hall–Kier alpha value is -2.12. The van der Waals surface area contributed by atoms with Gasteiger partial charge in [0, 0.05) is 59.3 Å². The molecule has 0 spiro atoms. The van der Waals surface area contributed by atoms with Crippen molar-refractivity contribution in [3.63, 3.8) is 0 Å². The molecule has 2 heterocycles. The number of hydrogen-bond acceptors (Lipinski definition) is 4. The normalized spacial score (nSPS) is 19.2. The van der Waals surface area contributed by atoms with E-state index in [9.17, 15) is 14.7 Å². The molecule has 7 nitrogen and oxygen atoms in total. The monoisotopic (exact) mass is 374 g/mol. The minimum Gasteiger partial charge on any atom is -0.390 e. The van der Waals surface area contributed by atoms with Crippen LogP contribution in [0.15, 0.2) is 24.3 Å². The third kappa shape index (κ3) is 5.43. The first kappa shape index (κ1) is 19.6. The second-order valence-electron chi connectivity index (χ2n) is 7.44. The first-order valence-electron chi connectivity index (χ1n) is 9.78. The number of benzene rings is 1. The van der Waals surface area contributed by atoms with Gasteiger partial charge < -0.3 is 20.2 Å². The number of rotatable bonds is 4. The van der Waals surface area contributed by atoms with Gasteiger partial charge in [-0.3, -0.25) is 9.69 Å². The molecular weight excluding hydrogens is 344 g/mol. The van der Waals surface area contributed by atoms with Crippen LogP contribution in [0.1, 0.15) is 24.5 Å². The lowest BCUT2D eigenvalue weighted by atomic mass is 10.00. The molecule has 7 heteroatoms. The summed E-state index contributed by atoms with van der Waals surface area (Å²) in [6.45, 7) is 6.54. The fourth-order valence-electron chi connectivity index (χ4n) is 3.82. The second-order valence-corrected chi connectivity index (χ2v) is 7.44. The third-order valence-corrected chi connectivity index (χ3v) is 5.40. The lowest BCUT2D eigenvalue weighted by Crippen LogP contribution is -2.47. The Morgan fingerprint density at radius 2 is 1.78 bits per heavy atom. The molecule has 1 atom stereocenters. The molecule has 3 amide bonds. The summed E-state index contributed by atoms with van der Waals surface area (Å²) in [5.41, 5.74) is 2.71. The first-order chi connectivity index (χ1) is 13.0. The number of carbonyl (C=O) groups is 2. The summed E-state index contributed by atoms with van der Waals surface area (Å²) in [6, 6.07) is 8.25. The molecule has 2 N–H and O–H groups in total. The Morgan fingerprint density at radius 3 is 2.56 bits per heavy atom. The second kappa shape index (κ2) is 9.19. The van der Waals surface area contributed by atoms with Gasteiger partial charge in [-0.2, -0.15) is 0 Å². The third-order valence-electron chi connectivity index (χ3n) is 5.40. The summed E-state index contributed by atoms with van der Waals surface area (Å²) >= 11 is 0. The molecule has 1 aromatic carbocycles.